The lowest BCUT2D eigenvalue weighted by Crippen LogP contribution is -2.45. The van der Waals surface area contributed by atoms with E-state index >= 15 is 0 Å². The molecule has 1 unspecified atom stereocenters. The molecule has 1 atom stereocenters. The molecule has 2 heterocycles. The Morgan fingerprint density at radius 1 is 1.06 bits per heavy atom. The van der Waals surface area contributed by atoms with Crippen LogP contribution in [0.2, 0.25) is 0 Å². The van der Waals surface area contributed by atoms with Crippen LogP contribution in [-0.2, 0) is 10.1 Å². The molecule has 8 heteroatoms. The van der Waals surface area contributed by atoms with Crippen LogP contribution >= 0.6 is 0 Å². The molecule has 0 bridgehead atoms. The number of fused-ring (bicyclic) bond motifs is 2. The highest BCUT2D eigenvalue weighted by molar-refractivity contribution is 7.87. The number of benzene rings is 2. The monoisotopic (exact) mass is 441 g/mol. The molecule has 0 aromatic heterocycles. The molecular weight excluding hydrogens is 414 g/mol. The van der Waals surface area contributed by atoms with Gasteiger partial charge in [-0.05, 0) is 50.1 Å². The summed E-state index contributed by atoms with van der Waals surface area (Å²) in [6, 6.07) is 15.3. The number of likely N-dealkylation sites (N-methyl/N-ethyl adjacent to an activating group) is 1. The van der Waals surface area contributed by atoms with Crippen molar-refractivity contribution in [2.24, 2.45) is 4.99 Å². The van der Waals surface area contributed by atoms with Gasteiger partial charge >= 0.3 is 0 Å². The van der Waals surface area contributed by atoms with E-state index in [0.717, 1.165) is 17.1 Å². The van der Waals surface area contributed by atoms with E-state index in [-0.39, 0.29) is 6.42 Å². The van der Waals surface area contributed by atoms with Gasteiger partial charge in [-0.25, -0.2) is 4.99 Å². The summed E-state index contributed by atoms with van der Waals surface area (Å²) in [5.74, 6) is 1.84. The largest absolute Gasteiger partial charge is 0.453 e. The Labute approximate surface area is 183 Å². The number of allylic oxidation sites excluding steroid dienone is 1. The van der Waals surface area contributed by atoms with Crippen molar-refractivity contribution < 1.29 is 17.7 Å². The molecule has 4 rings (SSSR count). The first kappa shape index (κ1) is 21.4. The van der Waals surface area contributed by atoms with Gasteiger partial charge in [0.15, 0.2) is 11.5 Å². The first-order valence-electron chi connectivity index (χ1n) is 10.5. The molecule has 31 heavy (non-hydrogen) atoms. The van der Waals surface area contributed by atoms with Gasteiger partial charge in [0.2, 0.25) is 0 Å². The second-order valence-electron chi connectivity index (χ2n) is 7.54. The van der Waals surface area contributed by atoms with Crippen molar-refractivity contribution in [2.45, 2.75) is 31.9 Å². The van der Waals surface area contributed by atoms with Gasteiger partial charge < -0.3 is 14.5 Å². The molecular formula is C23H27N3O4S. The van der Waals surface area contributed by atoms with Crippen LogP contribution in [-0.4, -0.2) is 48.6 Å². The number of anilines is 2. The lowest BCUT2D eigenvalue weighted by Gasteiger charge is -2.35. The van der Waals surface area contributed by atoms with Crippen molar-refractivity contribution >= 4 is 27.3 Å². The zero-order valence-corrected chi connectivity index (χ0v) is 18.5. The third-order valence-electron chi connectivity index (χ3n) is 5.67. The molecule has 164 valence electrons. The summed E-state index contributed by atoms with van der Waals surface area (Å²) in [6.45, 7) is 5.52. The number of hydrogen-bond acceptors (Lipinski definition) is 6. The van der Waals surface area contributed by atoms with Crippen molar-refractivity contribution in [2.75, 3.05) is 24.5 Å². The summed E-state index contributed by atoms with van der Waals surface area (Å²) in [4.78, 5) is 8.54. The smallest absolute Gasteiger partial charge is 0.275 e. The lowest BCUT2D eigenvalue weighted by molar-refractivity contribution is 0.442. The van der Waals surface area contributed by atoms with Crippen LogP contribution in [0, 0.1) is 0 Å². The highest BCUT2D eigenvalue weighted by Gasteiger charge is 2.35. The number of ether oxygens (including phenoxy) is 1. The van der Waals surface area contributed by atoms with E-state index < -0.39 is 15.4 Å². The number of aliphatic imine (C=N–C) groups is 1. The lowest BCUT2D eigenvalue weighted by atomic mass is 10.1. The van der Waals surface area contributed by atoms with E-state index in [1.54, 1.807) is 0 Å². The highest BCUT2D eigenvalue weighted by atomic mass is 32.2. The van der Waals surface area contributed by atoms with E-state index in [0.29, 0.717) is 43.4 Å². The van der Waals surface area contributed by atoms with Gasteiger partial charge in [0, 0.05) is 25.3 Å². The first-order valence-corrected chi connectivity index (χ1v) is 12.0. The third-order valence-corrected chi connectivity index (χ3v) is 6.83. The predicted molar refractivity (Wildman–Crippen MR) is 123 cm³/mol. The zero-order valence-electron chi connectivity index (χ0n) is 17.7. The standard InChI is InChI=1S/C23H27N3O4S/c1-3-17-13-15-25(4-2)23(24-17)22(31(27,28)29)14-16-26-18-9-5-7-11-20(18)30-21-12-8-6-10-19(21)26/h5-13,22H,3-4,14-16H2,1-2H3,(H,27,28,29). The molecule has 2 aromatic rings. The second-order valence-corrected chi connectivity index (χ2v) is 9.14. The first-order chi connectivity index (χ1) is 14.9. The zero-order chi connectivity index (χ0) is 22.0. The molecule has 0 saturated heterocycles. The number of para-hydroxylation sites is 4. The Morgan fingerprint density at radius 3 is 2.23 bits per heavy atom. The maximum absolute atomic E-state index is 12.4. The molecule has 0 aliphatic carbocycles. The fourth-order valence-electron chi connectivity index (χ4n) is 4.04. The Hall–Kier alpha value is -2.84. The third kappa shape index (κ3) is 4.31. The topological polar surface area (TPSA) is 82.4 Å². The average molecular weight is 442 g/mol. The number of amidine groups is 1. The maximum atomic E-state index is 12.4. The van der Waals surface area contributed by atoms with Gasteiger partial charge in [-0.15, -0.1) is 0 Å². The minimum absolute atomic E-state index is 0.188. The van der Waals surface area contributed by atoms with Crippen molar-refractivity contribution in [1.29, 1.82) is 0 Å². The molecule has 0 amide bonds. The average Bonchev–Trinajstić information content (AvgIpc) is 2.77. The molecule has 1 N–H and O–H groups in total. The van der Waals surface area contributed by atoms with Crippen LogP contribution in [0.15, 0.2) is 65.3 Å². The summed E-state index contributed by atoms with van der Waals surface area (Å²) >= 11 is 0. The summed E-state index contributed by atoms with van der Waals surface area (Å²) in [7, 11) is -4.35. The normalized spacial score (nSPS) is 16.6. The fourth-order valence-corrected chi connectivity index (χ4v) is 4.91. The Bertz CT molecular complexity index is 1080. The van der Waals surface area contributed by atoms with E-state index in [2.05, 4.69) is 4.99 Å². The van der Waals surface area contributed by atoms with Crippen LogP contribution in [0.25, 0.3) is 0 Å². The predicted octanol–water partition coefficient (Wildman–Crippen LogP) is 4.60. The summed E-state index contributed by atoms with van der Waals surface area (Å²) in [5, 5.41) is -1.11. The number of nitrogens with zero attached hydrogens (tertiary/aromatic N) is 3. The van der Waals surface area contributed by atoms with Crippen LogP contribution in [0.3, 0.4) is 0 Å². The Kier molecular flexibility index (Phi) is 6.02. The van der Waals surface area contributed by atoms with E-state index in [9.17, 15) is 13.0 Å². The molecule has 2 aromatic carbocycles. The molecule has 2 aliphatic rings. The Balaban J connectivity index is 1.68. The van der Waals surface area contributed by atoms with Gasteiger partial charge in [-0.2, -0.15) is 8.42 Å². The molecule has 0 radical (unpaired) electrons. The SMILES string of the molecule is CCC1=CCN(CC)C(C(CCN2c3ccccc3Oc3ccccc32)S(=O)(=O)O)=N1. The summed E-state index contributed by atoms with van der Waals surface area (Å²) in [6.07, 6.45) is 2.90. The van der Waals surface area contributed by atoms with Gasteiger partial charge in [-0.1, -0.05) is 31.2 Å². The number of hydrogen-bond donors (Lipinski definition) is 1. The van der Waals surface area contributed by atoms with E-state index in [1.165, 1.54) is 0 Å². The van der Waals surface area contributed by atoms with Crippen molar-refractivity contribution in [3.05, 3.63) is 60.3 Å². The summed E-state index contributed by atoms with van der Waals surface area (Å²) < 4.78 is 41.0. The van der Waals surface area contributed by atoms with Crippen molar-refractivity contribution in [1.82, 2.24) is 4.90 Å². The molecule has 0 saturated carbocycles. The highest BCUT2D eigenvalue weighted by Crippen LogP contribution is 2.46. The fraction of sp³-hybridized carbons (Fsp3) is 0.348. The molecule has 7 nitrogen and oxygen atoms in total. The molecule has 0 spiro atoms. The van der Waals surface area contributed by atoms with Crippen molar-refractivity contribution in [3.63, 3.8) is 0 Å². The van der Waals surface area contributed by atoms with E-state index in [4.69, 9.17) is 4.74 Å². The second kappa shape index (κ2) is 8.72. The van der Waals surface area contributed by atoms with Gasteiger partial charge in [0.25, 0.3) is 10.1 Å². The van der Waals surface area contributed by atoms with Crippen molar-refractivity contribution in [3.8, 4) is 11.5 Å². The minimum Gasteiger partial charge on any atom is -0.453 e. The molecule has 2 aliphatic heterocycles. The molecule has 0 fully saturated rings. The minimum atomic E-state index is -4.35. The maximum Gasteiger partial charge on any atom is 0.275 e. The van der Waals surface area contributed by atoms with E-state index in [1.807, 2.05) is 78.3 Å². The van der Waals surface area contributed by atoms with Gasteiger partial charge in [0.1, 0.15) is 11.1 Å². The quantitative estimate of drug-likeness (QED) is 0.632. The Morgan fingerprint density at radius 2 is 1.68 bits per heavy atom. The van der Waals surface area contributed by atoms with Crippen LogP contribution in [0.1, 0.15) is 26.7 Å². The van der Waals surface area contributed by atoms with Crippen LogP contribution < -0.4 is 9.64 Å². The number of rotatable bonds is 7. The van der Waals surface area contributed by atoms with Gasteiger partial charge in [0.05, 0.1) is 11.4 Å². The van der Waals surface area contributed by atoms with Crippen LogP contribution in [0.4, 0.5) is 11.4 Å². The summed E-state index contributed by atoms with van der Waals surface area (Å²) in [5.41, 5.74) is 2.57. The van der Waals surface area contributed by atoms with Gasteiger partial charge in [-0.3, -0.25) is 4.55 Å². The van der Waals surface area contributed by atoms with Crippen LogP contribution in [0.5, 0.6) is 11.5 Å².